The molecule has 0 aliphatic carbocycles. The maximum absolute atomic E-state index is 6.04. The lowest BCUT2D eigenvalue weighted by Gasteiger charge is -2.36. The Morgan fingerprint density at radius 2 is 1.95 bits per heavy atom. The van der Waals surface area contributed by atoms with Crippen molar-refractivity contribution in [1.82, 2.24) is 4.98 Å². The lowest BCUT2D eigenvalue weighted by molar-refractivity contribution is 0.650. The first kappa shape index (κ1) is 13.7. The molecular weight excluding hydrogens is 292 g/mol. The zero-order chi connectivity index (χ0) is 13.9. The normalized spacial score (nSPS) is 15.7. The van der Waals surface area contributed by atoms with Crippen LogP contribution in [0.1, 0.15) is 5.56 Å². The fraction of sp³-hybridized carbons (Fsp3) is 0.357. The maximum atomic E-state index is 6.04. The van der Waals surface area contributed by atoms with Gasteiger partial charge in [0.05, 0.1) is 0 Å². The Morgan fingerprint density at radius 1 is 1.20 bits per heavy atom. The quantitative estimate of drug-likeness (QED) is 0.946. The smallest absolute Gasteiger partial charge is 0.185 e. The van der Waals surface area contributed by atoms with Gasteiger partial charge in [-0.1, -0.05) is 11.6 Å². The van der Waals surface area contributed by atoms with Crippen LogP contribution in [0.4, 0.5) is 10.8 Å². The molecule has 106 valence electrons. The first-order valence-electron chi connectivity index (χ1n) is 6.66. The third-order valence-corrected chi connectivity index (χ3v) is 4.64. The second kappa shape index (κ2) is 5.99. The Labute approximate surface area is 127 Å². The number of anilines is 2. The van der Waals surface area contributed by atoms with E-state index in [1.54, 1.807) is 11.3 Å². The molecule has 1 aromatic heterocycles. The number of hydrogen-bond acceptors (Lipinski definition) is 5. The van der Waals surface area contributed by atoms with Crippen LogP contribution < -0.4 is 15.5 Å². The van der Waals surface area contributed by atoms with Gasteiger partial charge < -0.3 is 15.5 Å². The van der Waals surface area contributed by atoms with Crippen LogP contribution >= 0.6 is 22.9 Å². The molecule has 0 atom stereocenters. The highest BCUT2D eigenvalue weighted by Gasteiger charge is 2.20. The Bertz CT molecular complexity index is 565. The molecule has 0 saturated carbocycles. The molecule has 0 spiro atoms. The molecule has 0 unspecified atom stereocenters. The molecule has 0 amide bonds. The summed E-state index contributed by atoms with van der Waals surface area (Å²) >= 11 is 7.73. The van der Waals surface area contributed by atoms with Crippen LogP contribution in [0.15, 0.2) is 29.8 Å². The van der Waals surface area contributed by atoms with E-state index >= 15 is 0 Å². The summed E-state index contributed by atoms with van der Waals surface area (Å²) in [7, 11) is 0. The maximum Gasteiger partial charge on any atom is 0.185 e. The second-order valence-corrected chi connectivity index (χ2v) is 6.08. The molecular formula is C14H17ClN4S. The van der Waals surface area contributed by atoms with Crippen LogP contribution in [-0.2, 0) is 6.54 Å². The van der Waals surface area contributed by atoms with Crippen LogP contribution in [0.25, 0.3) is 0 Å². The predicted molar refractivity (Wildman–Crippen MR) is 85.9 cm³/mol. The van der Waals surface area contributed by atoms with Gasteiger partial charge in [0.25, 0.3) is 0 Å². The lowest BCUT2D eigenvalue weighted by Crippen LogP contribution is -2.46. The number of benzene rings is 1. The van der Waals surface area contributed by atoms with Gasteiger partial charge in [0.15, 0.2) is 5.13 Å². The van der Waals surface area contributed by atoms with Crippen molar-refractivity contribution in [3.05, 3.63) is 40.4 Å². The van der Waals surface area contributed by atoms with Gasteiger partial charge in [-0.15, -0.1) is 11.3 Å². The molecule has 1 aliphatic heterocycles. The summed E-state index contributed by atoms with van der Waals surface area (Å²) in [6.45, 7) is 4.45. The van der Waals surface area contributed by atoms with Gasteiger partial charge in [-0.2, -0.15) is 0 Å². The first-order valence-corrected chi connectivity index (χ1v) is 7.91. The minimum absolute atomic E-state index is 0.516. The average Bonchev–Trinajstić information content (AvgIpc) is 3.01. The third kappa shape index (κ3) is 2.75. The fourth-order valence-electron chi connectivity index (χ4n) is 2.54. The molecule has 6 heteroatoms. The van der Waals surface area contributed by atoms with E-state index in [0.717, 1.165) is 41.9 Å². The van der Waals surface area contributed by atoms with Crippen LogP contribution in [0.5, 0.6) is 0 Å². The molecule has 1 aromatic carbocycles. The number of piperazine rings is 1. The minimum Gasteiger partial charge on any atom is -0.368 e. The molecule has 4 nitrogen and oxygen atoms in total. The van der Waals surface area contributed by atoms with E-state index in [2.05, 4.69) is 20.9 Å². The molecule has 2 aromatic rings. The van der Waals surface area contributed by atoms with E-state index in [0.29, 0.717) is 6.54 Å². The van der Waals surface area contributed by atoms with Crippen molar-refractivity contribution in [3.63, 3.8) is 0 Å². The van der Waals surface area contributed by atoms with Crippen molar-refractivity contribution in [1.29, 1.82) is 0 Å². The minimum atomic E-state index is 0.516. The topological polar surface area (TPSA) is 45.4 Å². The zero-order valence-corrected chi connectivity index (χ0v) is 12.7. The van der Waals surface area contributed by atoms with Gasteiger partial charge in [-0.25, -0.2) is 4.98 Å². The Balaban J connectivity index is 1.72. The van der Waals surface area contributed by atoms with Crippen LogP contribution in [0.3, 0.4) is 0 Å². The number of aromatic nitrogens is 1. The summed E-state index contributed by atoms with van der Waals surface area (Å²) in [5.74, 6) is 0. The van der Waals surface area contributed by atoms with Gasteiger partial charge in [-0.05, 0) is 23.8 Å². The molecule has 2 N–H and O–H groups in total. The van der Waals surface area contributed by atoms with Crippen LogP contribution in [0, 0.1) is 0 Å². The molecule has 0 radical (unpaired) electrons. The summed E-state index contributed by atoms with van der Waals surface area (Å²) in [6, 6.07) is 5.97. The molecule has 3 rings (SSSR count). The Kier molecular flexibility index (Phi) is 4.10. The molecule has 1 fully saturated rings. The van der Waals surface area contributed by atoms with Gasteiger partial charge in [0.2, 0.25) is 0 Å². The number of thiazole rings is 1. The fourth-order valence-corrected chi connectivity index (χ4v) is 3.43. The molecule has 1 aliphatic rings. The molecule has 0 bridgehead atoms. The summed E-state index contributed by atoms with van der Waals surface area (Å²) in [5.41, 5.74) is 8.14. The standard InChI is InChI=1S/C14H17ClN4S/c15-12-1-2-13(11(9-12)10-16)18-4-6-19(7-5-18)14-17-3-8-20-14/h1-3,8-9H,4-7,10,16H2. The summed E-state index contributed by atoms with van der Waals surface area (Å²) in [4.78, 5) is 9.08. The number of hydrogen-bond donors (Lipinski definition) is 1. The average molecular weight is 309 g/mol. The van der Waals surface area contributed by atoms with E-state index in [9.17, 15) is 0 Å². The number of nitrogens with zero attached hydrogens (tertiary/aromatic N) is 3. The van der Waals surface area contributed by atoms with Crippen molar-refractivity contribution < 1.29 is 0 Å². The van der Waals surface area contributed by atoms with E-state index in [1.165, 1.54) is 5.69 Å². The van der Waals surface area contributed by atoms with Crippen molar-refractivity contribution in [2.75, 3.05) is 36.0 Å². The highest BCUT2D eigenvalue weighted by Crippen LogP contribution is 2.26. The van der Waals surface area contributed by atoms with Gasteiger partial charge in [-0.3, -0.25) is 0 Å². The van der Waals surface area contributed by atoms with Crippen molar-refractivity contribution in [2.24, 2.45) is 5.73 Å². The zero-order valence-electron chi connectivity index (χ0n) is 11.1. The monoisotopic (exact) mass is 308 g/mol. The van der Waals surface area contributed by atoms with Crippen LogP contribution in [0.2, 0.25) is 5.02 Å². The third-order valence-electron chi connectivity index (χ3n) is 3.57. The highest BCUT2D eigenvalue weighted by molar-refractivity contribution is 7.13. The second-order valence-electron chi connectivity index (χ2n) is 4.77. The van der Waals surface area contributed by atoms with E-state index in [-0.39, 0.29) is 0 Å². The van der Waals surface area contributed by atoms with E-state index in [4.69, 9.17) is 17.3 Å². The van der Waals surface area contributed by atoms with E-state index in [1.807, 2.05) is 23.7 Å². The van der Waals surface area contributed by atoms with Gasteiger partial charge in [0, 0.05) is 55.0 Å². The summed E-state index contributed by atoms with van der Waals surface area (Å²) in [6.07, 6.45) is 1.86. The van der Waals surface area contributed by atoms with Crippen LogP contribution in [-0.4, -0.2) is 31.2 Å². The van der Waals surface area contributed by atoms with Crippen molar-refractivity contribution >= 4 is 33.8 Å². The van der Waals surface area contributed by atoms with E-state index < -0.39 is 0 Å². The SMILES string of the molecule is NCc1cc(Cl)ccc1N1CCN(c2nccs2)CC1. The number of halogens is 1. The van der Waals surface area contributed by atoms with Gasteiger partial charge >= 0.3 is 0 Å². The Hall–Kier alpha value is -1.30. The molecule has 20 heavy (non-hydrogen) atoms. The molecule has 1 saturated heterocycles. The first-order chi connectivity index (χ1) is 9.78. The lowest BCUT2D eigenvalue weighted by atomic mass is 10.1. The highest BCUT2D eigenvalue weighted by atomic mass is 35.5. The summed E-state index contributed by atoms with van der Waals surface area (Å²) in [5, 5.41) is 3.88. The summed E-state index contributed by atoms with van der Waals surface area (Å²) < 4.78 is 0. The molecule has 2 heterocycles. The van der Waals surface area contributed by atoms with Crippen molar-refractivity contribution in [2.45, 2.75) is 6.54 Å². The number of nitrogens with two attached hydrogens (primary N) is 1. The predicted octanol–water partition coefficient (Wildman–Crippen LogP) is 2.58. The largest absolute Gasteiger partial charge is 0.368 e. The Morgan fingerprint density at radius 3 is 2.60 bits per heavy atom. The number of rotatable bonds is 3. The van der Waals surface area contributed by atoms with Gasteiger partial charge in [0.1, 0.15) is 0 Å². The van der Waals surface area contributed by atoms with Crippen molar-refractivity contribution in [3.8, 4) is 0 Å².